The smallest absolute Gasteiger partial charge is 0.0662 e. The lowest BCUT2D eigenvalue weighted by Crippen LogP contribution is -2.07. The SMILES string of the molecule is CCc1ccc(CC(C)c2c(C)c(CC(C)c3cn(C)nc3C)nn2C)nc1. The molecule has 0 saturated carbocycles. The summed E-state index contributed by atoms with van der Waals surface area (Å²) in [7, 11) is 4.05. The van der Waals surface area contributed by atoms with Crippen molar-refractivity contribution < 1.29 is 0 Å². The molecular formula is C23H33N5. The number of aromatic nitrogens is 5. The van der Waals surface area contributed by atoms with E-state index in [2.05, 4.69) is 74.8 Å². The van der Waals surface area contributed by atoms with Crippen molar-refractivity contribution in [3.63, 3.8) is 0 Å². The second-order valence-electron chi connectivity index (χ2n) is 8.15. The quantitative estimate of drug-likeness (QED) is 0.610. The van der Waals surface area contributed by atoms with Crippen LogP contribution in [-0.4, -0.2) is 24.5 Å². The molecule has 3 rings (SSSR count). The Morgan fingerprint density at radius 3 is 2.32 bits per heavy atom. The molecule has 2 unspecified atom stereocenters. The predicted octanol–water partition coefficient (Wildman–Crippen LogP) is 4.42. The van der Waals surface area contributed by atoms with Gasteiger partial charge in [0.05, 0.1) is 11.4 Å². The predicted molar refractivity (Wildman–Crippen MR) is 114 cm³/mol. The Hall–Kier alpha value is -2.43. The van der Waals surface area contributed by atoms with Crippen LogP contribution in [0.5, 0.6) is 0 Å². The minimum atomic E-state index is 0.377. The van der Waals surface area contributed by atoms with Crippen molar-refractivity contribution in [2.45, 2.75) is 65.7 Å². The summed E-state index contributed by atoms with van der Waals surface area (Å²) >= 11 is 0. The molecular weight excluding hydrogens is 346 g/mol. The van der Waals surface area contributed by atoms with Crippen molar-refractivity contribution in [3.8, 4) is 0 Å². The summed E-state index contributed by atoms with van der Waals surface area (Å²) in [5, 5.41) is 9.36. The van der Waals surface area contributed by atoms with Gasteiger partial charge >= 0.3 is 0 Å². The van der Waals surface area contributed by atoms with Crippen LogP contribution in [0.25, 0.3) is 0 Å². The highest BCUT2D eigenvalue weighted by Gasteiger charge is 2.21. The van der Waals surface area contributed by atoms with E-state index in [1.54, 1.807) is 0 Å². The van der Waals surface area contributed by atoms with Gasteiger partial charge in [0.2, 0.25) is 0 Å². The number of aryl methyl sites for hydroxylation is 4. The first kappa shape index (κ1) is 20.3. The summed E-state index contributed by atoms with van der Waals surface area (Å²) < 4.78 is 3.97. The lowest BCUT2D eigenvalue weighted by molar-refractivity contribution is 0.619. The lowest BCUT2D eigenvalue weighted by atomic mass is 9.92. The van der Waals surface area contributed by atoms with Crippen LogP contribution in [0.1, 0.15) is 72.1 Å². The molecule has 0 aliphatic heterocycles. The Bertz CT molecular complexity index is 933. The van der Waals surface area contributed by atoms with Crippen LogP contribution in [0, 0.1) is 13.8 Å². The molecule has 0 fully saturated rings. The van der Waals surface area contributed by atoms with E-state index in [0.29, 0.717) is 11.8 Å². The van der Waals surface area contributed by atoms with Crippen LogP contribution < -0.4 is 0 Å². The lowest BCUT2D eigenvalue weighted by Gasteiger charge is -2.14. The van der Waals surface area contributed by atoms with Gasteiger partial charge in [-0.2, -0.15) is 10.2 Å². The van der Waals surface area contributed by atoms with Gasteiger partial charge in [0, 0.05) is 43.8 Å². The molecule has 28 heavy (non-hydrogen) atoms. The summed E-state index contributed by atoms with van der Waals surface area (Å²) in [5.74, 6) is 0.773. The third kappa shape index (κ3) is 4.18. The van der Waals surface area contributed by atoms with Crippen molar-refractivity contribution in [1.29, 1.82) is 0 Å². The Balaban J connectivity index is 1.77. The molecule has 3 aromatic heterocycles. The standard InChI is InChI=1S/C23H33N5/c1-8-19-9-10-20(24-13-19)11-16(3)23-17(4)22(26-28(23)7)12-15(2)21-14-27(6)25-18(21)5/h9-10,13-16H,8,11-12H2,1-7H3. The third-order valence-corrected chi connectivity index (χ3v) is 5.79. The van der Waals surface area contributed by atoms with Crippen molar-refractivity contribution in [2.24, 2.45) is 14.1 Å². The van der Waals surface area contributed by atoms with Crippen LogP contribution in [0.4, 0.5) is 0 Å². The minimum absolute atomic E-state index is 0.377. The maximum absolute atomic E-state index is 4.87. The molecule has 5 nitrogen and oxygen atoms in total. The molecule has 2 atom stereocenters. The van der Waals surface area contributed by atoms with E-state index < -0.39 is 0 Å². The van der Waals surface area contributed by atoms with Crippen LogP contribution in [0.15, 0.2) is 24.5 Å². The van der Waals surface area contributed by atoms with Crippen LogP contribution >= 0.6 is 0 Å². The van der Waals surface area contributed by atoms with Crippen LogP contribution in [-0.2, 0) is 33.4 Å². The molecule has 3 heterocycles. The van der Waals surface area contributed by atoms with Gasteiger partial charge in [0.25, 0.3) is 0 Å². The fourth-order valence-corrected chi connectivity index (χ4v) is 4.28. The highest BCUT2D eigenvalue weighted by molar-refractivity contribution is 5.31. The van der Waals surface area contributed by atoms with Gasteiger partial charge in [-0.05, 0) is 61.8 Å². The monoisotopic (exact) mass is 379 g/mol. The molecule has 0 bridgehead atoms. The number of nitrogens with zero attached hydrogens (tertiary/aromatic N) is 5. The van der Waals surface area contributed by atoms with E-state index in [1.807, 2.05) is 17.9 Å². The Morgan fingerprint density at radius 2 is 1.75 bits per heavy atom. The Kier molecular flexibility index (Phi) is 6.01. The molecule has 5 heteroatoms. The highest BCUT2D eigenvalue weighted by Crippen LogP contribution is 2.29. The molecule has 0 amide bonds. The van der Waals surface area contributed by atoms with Crippen LogP contribution in [0.2, 0.25) is 0 Å². The molecule has 0 aliphatic carbocycles. The zero-order valence-corrected chi connectivity index (χ0v) is 18.3. The van der Waals surface area contributed by atoms with E-state index in [1.165, 1.54) is 28.1 Å². The number of hydrogen-bond acceptors (Lipinski definition) is 3. The zero-order valence-electron chi connectivity index (χ0n) is 18.3. The largest absolute Gasteiger partial charge is 0.275 e. The van der Waals surface area contributed by atoms with E-state index in [4.69, 9.17) is 5.10 Å². The van der Waals surface area contributed by atoms with Gasteiger partial charge in [0.15, 0.2) is 0 Å². The number of pyridine rings is 1. The van der Waals surface area contributed by atoms with Gasteiger partial charge in [-0.1, -0.05) is 26.8 Å². The first-order chi connectivity index (χ1) is 13.3. The van der Waals surface area contributed by atoms with Gasteiger partial charge < -0.3 is 0 Å². The van der Waals surface area contributed by atoms with Crippen molar-refractivity contribution in [3.05, 3.63) is 64.0 Å². The maximum Gasteiger partial charge on any atom is 0.0662 e. The third-order valence-electron chi connectivity index (χ3n) is 5.79. The number of rotatable bonds is 7. The fraction of sp³-hybridized carbons (Fsp3) is 0.522. The first-order valence-electron chi connectivity index (χ1n) is 10.3. The molecule has 0 spiro atoms. The summed E-state index contributed by atoms with van der Waals surface area (Å²) in [6.07, 6.45) is 7.03. The van der Waals surface area contributed by atoms with Gasteiger partial charge in [0.1, 0.15) is 0 Å². The summed E-state index contributed by atoms with van der Waals surface area (Å²) in [5.41, 5.74) is 8.66. The van der Waals surface area contributed by atoms with Crippen LogP contribution in [0.3, 0.4) is 0 Å². The molecule has 0 aliphatic rings. The van der Waals surface area contributed by atoms with Gasteiger partial charge in [-0.25, -0.2) is 0 Å². The molecule has 150 valence electrons. The van der Waals surface area contributed by atoms with E-state index in [-0.39, 0.29) is 0 Å². The summed E-state index contributed by atoms with van der Waals surface area (Å²) in [6.45, 7) is 11.0. The molecule has 0 saturated heterocycles. The van der Waals surface area contributed by atoms with Gasteiger partial charge in [-0.3, -0.25) is 14.3 Å². The molecule has 3 aromatic rings. The van der Waals surface area contributed by atoms with Gasteiger partial charge in [-0.15, -0.1) is 0 Å². The van der Waals surface area contributed by atoms with E-state index in [0.717, 1.165) is 30.7 Å². The van der Waals surface area contributed by atoms with Crippen molar-refractivity contribution >= 4 is 0 Å². The fourth-order valence-electron chi connectivity index (χ4n) is 4.28. The highest BCUT2D eigenvalue weighted by atomic mass is 15.3. The second-order valence-corrected chi connectivity index (χ2v) is 8.15. The van der Waals surface area contributed by atoms with E-state index in [9.17, 15) is 0 Å². The topological polar surface area (TPSA) is 48.5 Å². The van der Waals surface area contributed by atoms with E-state index >= 15 is 0 Å². The second kappa shape index (κ2) is 8.29. The first-order valence-corrected chi connectivity index (χ1v) is 10.3. The maximum atomic E-state index is 4.87. The Morgan fingerprint density at radius 1 is 1.00 bits per heavy atom. The summed E-state index contributed by atoms with van der Waals surface area (Å²) in [6, 6.07) is 4.35. The normalized spacial score (nSPS) is 13.7. The zero-order chi connectivity index (χ0) is 20.4. The average molecular weight is 380 g/mol. The van der Waals surface area contributed by atoms with Crippen molar-refractivity contribution in [1.82, 2.24) is 24.5 Å². The number of hydrogen-bond donors (Lipinski definition) is 0. The minimum Gasteiger partial charge on any atom is -0.275 e. The van der Waals surface area contributed by atoms with Crippen molar-refractivity contribution in [2.75, 3.05) is 0 Å². The Labute approximate surface area is 168 Å². The molecule has 0 aromatic carbocycles. The molecule has 0 N–H and O–H groups in total. The summed E-state index contributed by atoms with van der Waals surface area (Å²) in [4.78, 5) is 4.64. The molecule has 0 radical (unpaired) electrons. The average Bonchev–Trinajstić information content (AvgIpc) is 3.13.